The highest BCUT2D eigenvalue weighted by molar-refractivity contribution is 5.77. The van der Waals surface area contributed by atoms with Gasteiger partial charge in [0.05, 0.1) is 16.8 Å². The van der Waals surface area contributed by atoms with E-state index in [0.717, 1.165) is 16.8 Å². The first-order chi connectivity index (χ1) is 5.79. The van der Waals surface area contributed by atoms with Gasteiger partial charge < -0.3 is 0 Å². The fourth-order valence-corrected chi connectivity index (χ4v) is 1.07. The highest BCUT2D eigenvalue weighted by Gasteiger charge is 2.05. The van der Waals surface area contributed by atoms with Crippen molar-refractivity contribution < 1.29 is 0 Å². The molecule has 2 rings (SSSR count). The van der Waals surface area contributed by atoms with Gasteiger partial charge in [-0.3, -0.25) is 0 Å². The molecule has 2 aromatic rings. The van der Waals surface area contributed by atoms with Gasteiger partial charge in [-0.25, -0.2) is 0 Å². The van der Waals surface area contributed by atoms with Crippen molar-refractivity contribution >= 4 is 11.0 Å². The summed E-state index contributed by atoms with van der Waals surface area (Å²) in [6.07, 6.45) is 0. The summed E-state index contributed by atoms with van der Waals surface area (Å²) in [5, 5.41) is 22.9. The molecule has 0 N–H and O–H groups in total. The van der Waals surface area contributed by atoms with Crippen molar-refractivity contribution in [2.75, 3.05) is 0 Å². The van der Waals surface area contributed by atoms with Crippen LogP contribution in [0.5, 0.6) is 0 Å². The van der Waals surface area contributed by atoms with Crippen LogP contribution in [0.1, 0.15) is 11.4 Å². The molecule has 0 unspecified atom stereocenters. The smallest absolute Gasteiger partial charge is 0.135 e. The summed E-state index contributed by atoms with van der Waals surface area (Å²) in [6, 6.07) is 0. The van der Waals surface area contributed by atoms with Crippen LogP contribution in [0.25, 0.3) is 11.0 Å². The van der Waals surface area contributed by atoms with Crippen LogP contribution in [0.4, 0.5) is 0 Å². The predicted octanol–water partition coefficient (Wildman–Crippen LogP) is -0.173. The fraction of sp³-hybridized carbons (Fsp3) is 0.333. The molecule has 0 saturated carbocycles. The molecular weight excluding hydrogens is 156 g/mol. The molecule has 12 heavy (non-hydrogen) atoms. The molecule has 0 radical (unpaired) electrons. The SMILES string of the molecule is Cc1nnnc2nnnc(C)c12. The number of hydrogen-bond donors (Lipinski definition) is 0. The Balaban J connectivity index is 2.96. The highest BCUT2D eigenvalue weighted by atomic mass is 15.4. The van der Waals surface area contributed by atoms with Crippen LogP contribution >= 0.6 is 0 Å². The summed E-state index contributed by atoms with van der Waals surface area (Å²) < 4.78 is 0. The van der Waals surface area contributed by atoms with E-state index in [4.69, 9.17) is 0 Å². The lowest BCUT2D eigenvalue weighted by molar-refractivity contribution is 0.807. The van der Waals surface area contributed by atoms with Crippen LogP contribution in [-0.4, -0.2) is 30.8 Å². The van der Waals surface area contributed by atoms with E-state index >= 15 is 0 Å². The minimum atomic E-state index is 0.495. The maximum Gasteiger partial charge on any atom is 0.210 e. The second-order valence-corrected chi connectivity index (χ2v) is 2.45. The Hall–Kier alpha value is -1.72. The first-order valence-electron chi connectivity index (χ1n) is 3.44. The fourth-order valence-electron chi connectivity index (χ4n) is 1.07. The van der Waals surface area contributed by atoms with Gasteiger partial charge >= 0.3 is 0 Å². The minimum absolute atomic E-state index is 0.495. The molecule has 6 nitrogen and oxygen atoms in total. The summed E-state index contributed by atoms with van der Waals surface area (Å²) in [7, 11) is 0. The van der Waals surface area contributed by atoms with Gasteiger partial charge in [-0.15, -0.1) is 20.4 Å². The zero-order valence-electron chi connectivity index (χ0n) is 6.68. The molecule has 2 heterocycles. The molecule has 0 aromatic carbocycles. The number of nitrogens with zero attached hydrogens (tertiary/aromatic N) is 6. The Morgan fingerprint density at radius 2 is 1.25 bits per heavy atom. The van der Waals surface area contributed by atoms with E-state index in [1.807, 2.05) is 13.8 Å². The summed E-state index contributed by atoms with van der Waals surface area (Å²) in [4.78, 5) is 0. The van der Waals surface area contributed by atoms with E-state index in [-0.39, 0.29) is 0 Å². The first kappa shape index (κ1) is 6.96. The molecule has 0 bridgehead atoms. The number of fused-ring (bicyclic) bond motifs is 1. The van der Waals surface area contributed by atoms with Crippen molar-refractivity contribution in [3.05, 3.63) is 11.4 Å². The zero-order valence-corrected chi connectivity index (χ0v) is 6.68. The lowest BCUT2D eigenvalue weighted by Gasteiger charge is -1.97. The van der Waals surface area contributed by atoms with Crippen molar-refractivity contribution in [2.45, 2.75) is 13.8 Å². The third-order valence-electron chi connectivity index (χ3n) is 1.62. The van der Waals surface area contributed by atoms with Crippen LogP contribution in [0.3, 0.4) is 0 Å². The van der Waals surface area contributed by atoms with Crippen LogP contribution in [-0.2, 0) is 0 Å². The van der Waals surface area contributed by atoms with Crippen molar-refractivity contribution in [2.24, 2.45) is 0 Å². The maximum absolute atomic E-state index is 3.80. The van der Waals surface area contributed by atoms with E-state index in [1.165, 1.54) is 0 Å². The van der Waals surface area contributed by atoms with Crippen LogP contribution in [0, 0.1) is 13.8 Å². The molecule has 0 atom stereocenters. The van der Waals surface area contributed by atoms with Gasteiger partial charge in [-0.05, 0) is 24.3 Å². The second-order valence-electron chi connectivity index (χ2n) is 2.45. The molecular formula is C6H6N6. The number of rotatable bonds is 0. The summed E-state index contributed by atoms with van der Waals surface area (Å²) in [5.41, 5.74) is 2.05. The monoisotopic (exact) mass is 162 g/mol. The Labute approximate surface area is 68.0 Å². The highest BCUT2D eigenvalue weighted by Crippen LogP contribution is 2.11. The van der Waals surface area contributed by atoms with Crippen molar-refractivity contribution in [1.82, 2.24) is 30.8 Å². The number of aromatic nitrogens is 6. The van der Waals surface area contributed by atoms with E-state index in [9.17, 15) is 0 Å². The molecule has 0 saturated heterocycles. The summed E-state index contributed by atoms with van der Waals surface area (Å²) >= 11 is 0. The van der Waals surface area contributed by atoms with Gasteiger partial charge in [0.15, 0.2) is 0 Å². The predicted molar refractivity (Wildman–Crippen MR) is 40.2 cm³/mol. The molecule has 0 aliphatic carbocycles. The van der Waals surface area contributed by atoms with Gasteiger partial charge in [-0.1, -0.05) is 0 Å². The van der Waals surface area contributed by atoms with Gasteiger partial charge in [-0.2, -0.15) is 0 Å². The number of aryl methyl sites for hydroxylation is 2. The minimum Gasteiger partial charge on any atom is -0.135 e. The standard InChI is InChI=1S/C6H6N6/c1-3-5-4(2)8-12-10-6(5)9-11-7-3/h1-2H3. The normalized spacial score (nSPS) is 10.5. The van der Waals surface area contributed by atoms with Crippen molar-refractivity contribution in [1.29, 1.82) is 0 Å². The van der Waals surface area contributed by atoms with E-state index < -0.39 is 0 Å². The maximum atomic E-state index is 3.80. The summed E-state index contributed by atoms with van der Waals surface area (Å²) in [5.74, 6) is 0. The van der Waals surface area contributed by atoms with E-state index in [2.05, 4.69) is 30.8 Å². The Morgan fingerprint density at radius 1 is 0.750 bits per heavy atom. The van der Waals surface area contributed by atoms with Crippen LogP contribution in [0.2, 0.25) is 0 Å². The second kappa shape index (κ2) is 2.40. The molecule has 60 valence electrons. The Kier molecular flexibility index (Phi) is 1.39. The summed E-state index contributed by atoms with van der Waals surface area (Å²) in [6.45, 7) is 3.68. The van der Waals surface area contributed by atoms with E-state index in [0.29, 0.717) is 5.65 Å². The van der Waals surface area contributed by atoms with Crippen molar-refractivity contribution in [3.63, 3.8) is 0 Å². The Morgan fingerprint density at radius 3 is 1.67 bits per heavy atom. The average molecular weight is 162 g/mol. The quantitative estimate of drug-likeness (QED) is 0.535. The topological polar surface area (TPSA) is 77.3 Å². The van der Waals surface area contributed by atoms with Crippen LogP contribution < -0.4 is 0 Å². The largest absolute Gasteiger partial charge is 0.210 e. The Bertz CT molecular complexity index is 389. The average Bonchev–Trinajstić information content (AvgIpc) is 2.04. The zero-order chi connectivity index (χ0) is 8.55. The lowest BCUT2D eigenvalue weighted by atomic mass is 10.2. The third kappa shape index (κ3) is 0.884. The molecule has 0 spiro atoms. The molecule has 2 aromatic heterocycles. The molecule has 0 aliphatic rings. The molecule has 0 fully saturated rings. The van der Waals surface area contributed by atoms with E-state index in [1.54, 1.807) is 0 Å². The first-order valence-corrected chi connectivity index (χ1v) is 3.44. The number of hydrogen-bond acceptors (Lipinski definition) is 6. The van der Waals surface area contributed by atoms with Gasteiger partial charge in [0, 0.05) is 0 Å². The lowest BCUT2D eigenvalue weighted by Crippen LogP contribution is -2.00. The van der Waals surface area contributed by atoms with Crippen molar-refractivity contribution in [3.8, 4) is 0 Å². The van der Waals surface area contributed by atoms with Gasteiger partial charge in [0.2, 0.25) is 5.65 Å². The molecule has 0 amide bonds. The van der Waals surface area contributed by atoms with Crippen LogP contribution in [0.15, 0.2) is 0 Å². The van der Waals surface area contributed by atoms with Gasteiger partial charge in [0.1, 0.15) is 0 Å². The molecule has 0 aliphatic heterocycles. The van der Waals surface area contributed by atoms with Gasteiger partial charge in [0.25, 0.3) is 0 Å². The third-order valence-corrected chi connectivity index (χ3v) is 1.62. The molecule has 6 heteroatoms.